The van der Waals surface area contributed by atoms with Crippen molar-refractivity contribution in [1.29, 1.82) is 0 Å². The van der Waals surface area contributed by atoms with Crippen LogP contribution in [0.3, 0.4) is 0 Å². The van der Waals surface area contributed by atoms with Crippen LogP contribution < -0.4 is 0 Å². The average molecular weight is 547 g/mol. The third-order valence-electron chi connectivity index (χ3n) is 1.81. The van der Waals surface area contributed by atoms with Gasteiger partial charge in [-0.2, -0.15) is 0 Å². The van der Waals surface area contributed by atoms with Gasteiger partial charge < -0.3 is 0 Å². The molecular formula is C10H11ClS2Se4. The van der Waals surface area contributed by atoms with Crippen molar-refractivity contribution < 1.29 is 0 Å². The van der Waals surface area contributed by atoms with Gasteiger partial charge in [0, 0.05) is 0 Å². The molecule has 0 atom stereocenters. The molecule has 0 amide bonds. The van der Waals surface area contributed by atoms with Gasteiger partial charge in [0.05, 0.1) is 0 Å². The molecule has 17 heavy (non-hydrogen) atoms. The van der Waals surface area contributed by atoms with Crippen LogP contribution in [-0.4, -0.2) is 77.7 Å². The summed E-state index contributed by atoms with van der Waals surface area (Å²) in [5, 5.41) is 0. The van der Waals surface area contributed by atoms with Gasteiger partial charge >= 0.3 is 144 Å². The average Bonchev–Trinajstić information content (AvgIpc) is 2.97. The van der Waals surface area contributed by atoms with E-state index < -0.39 is 0 Å². The van der Waals surface area contributed by atoms with E-state index in [0.717, 1.165) is 12.3 Å². The molecule has 0 nitrogen and oxygen atoms in total. The van der Waals surface area contributed by atoms with E-state index in [9.17, 15) is 0 Å². The van der Waals surface area contributed by atoms with Crippen molar-refractivity contribution in [3.05, 3.63) is 24.3 Å². The maximum atomic E-state index is 5.75. The summed E-state index contributed by atoms with van der Waals surface area (Å²) >= 11 is 12.6. The number of halogens is 1. The Balaban J connectivity index is 1.97. The maximum absolute atomic E-state index is 5.75. The molecule has 2 heterocycles. The Kier molecular flexibility index (Phi) is 7.88. The van der Waals surface area contributed by atoms with Crippen LogP contribution in [0.5, 0.6) is 0 Å². The topological polar surface area (TPSA) is 0 Å². The summed E-state index contributed by atoms with van der Waals surface area (Å²) in [7, 11) is 0. The second-order valence-electron chi connectivity index (χ2n) is 2.96. The van der Waals surface area contributed by atoms with Gasteiger partial charge in [0.15, 0.2) is 0 Å². The van der Waals surface area contributed by atoms with Crippen LogP contribution >= 0.6 is 35.1 Å². The second-order valence-corrected chi connectivity index (χ2v) is 17.2. The fourth-order valence-corrected chi connectivity index (χ4v) is 20.5. The summed E-state index contributed by atoms with van der Waals surface area (Å²) in [5.41, 5.74) is 0. The normalized spacial score (nSPS) is 19.9. The number of thioether (sulfide) groups is 2. The zero-order valence-electron chi connectivity index (χ0n) is 9.10. The van der Waals surface area contributed by atoms with E-state index in [0.29, 0.717) is 59.8 Å². The van der Waals surface area contributed by atoms with E-state index >= 15 is 0 Å². The molecule has 0 aliphatic carbocycles. The SMILES string of the molecule is CSC1=C(SCCCCl)[Se]C(=C2[Se]C=C[Se]2)[Se]1. The van der Waals surface area contributed by atoms with Crippen LogP contribution in [0.15, 0.2) is 24.3 Å². The van der Waals surface area contributed by atoms with Crippen molar-refractivity contribution >= 4 is 95.0 Å². The summed E-state index contributed by atoms with van der Waals surface area (Å²) < 4.78 is 7.14. The van der Waals surface area contributed by atoms with Gasteiger partial charge in [0.2, 0.25) is 0 Å². The molecule has 94 valence electrons. The molecule has 7 heteroatoms. The molecule has 0 saturated carbocycles. The van der Waals surface area contributed by atoms with Crippen LogP contribution in [0.1, 0.15) is 6.42 Å². The van der Waals surface area contributed by atoms with Crippen LogP contribution in [0.2, 0.25) is 0 Å². The molecule has 0 radical (unpaired) electrons. The molecule has 0 aromatic rings. The van der Waals surface area contributed by atoms with Crippen LogP contribution in [0.4, 0.5) is 0 Å². The molecular weight excluding hydrogens is 536 g/mol. The predicted molar refractivity (Wildman–Crippen MR) is 87.5 cm³/mol. The molecule has 0 N–H and O–H groups in total. The Morgan fingerprint density at radius 3 is 2.47 bits per heavy atom. The van der Waals surface area contributed by atoms with E-state index in [2.05, 4.69) is 28.0 Å². The number of alkyl halides is 1. The van der Waals surface area contributed by atoms with Crippen molar-refractivity contribution in [1.82, 2.24) is 0 Å². The molecule has 0 bridgehead atoms. The standard InChI is InChI=1S/C10H11ClS2Se4/c1-12-7-8(13-4-2-3-11)17-10(16-7)9-14-5-6-15-9/h5-6H,2-4H2,1H3. The Morgan fingerprint density at radius 1 is 1.12 bits per heavy atom. The van der Waals surface area contributed by atoms with Gasteiger partial charge in [-0.3, -0.25) is 0 Å². The summed E-state index contributed by atoms with van der Waals surface area (Å²) in [5.74, 6) is 2.01. The minimum atomic E-state index is 0.667. The van der Waals surface area contributed by atoms with E-state index in [-0.39, 0.29) is 0 Å². The molecule has 2 aliphatic rings. The summed E-state index contributed by atoms with van der Waals surface area (Å²) in [4.78, 5) is 4.83. The van der Waals surface area contributed by atoms with Crippen LogP contribution in [0, 0.1) is 0 Å². The van der Waals surface area contributed by atoms with Crippen molar-refractivity contribution in [2.24, 2.45) is 0 Å². The third-order valence-corrected chi connectivity index (χ3v) is 21.2. The quantitative estimate of drug-likeness (QED) is 0.295. The first-order valence-electron chi connectivity index (χ1n) is 4.90. The molecule has 0 saturated heterocycles. The zero-order chi connectivity index (χ0) is 12.1. The number of hydrogen-bond donors (Lipinski definition) is 0. The van der Waals surface area contributed by atoms with Crippen molar-refractivity contribution in [3.8, 4) is 0 Å². The Morgan fingerprint density at radius 2 is 1.82 bits per heavy atom. The molecule has 0 unspecified atom stereocenters. The van der Waals surface area contributed by atoms with Gasteiger partial charge in [-0.15, -0.1) is 0 Å². The number of hydrogen-bond acceptors (Lipinski definition) is 2. The molecule has 2 aliphatic heterocycles. The van der Waals surface area contributed by atoms with Crippen LogP contribution in [-0.2, 0) is 0 Å². The van der Waals surface area contributed by atoms with Crippen LogP contribution in [0.25, 0.3) is 0 Å². The van der Waals surface area contributed by atoms with Crippen molar-refractivity contribution in [3.63, 3.8) is 0 Å². The summed E-state index contributed by atoms with van der Waals surface area (Å²) in [6, 6.07) is 0. The Hall–Kier alpha value is 2.29. The first-order chi connectivity index (χ1) is 8.35. The van der Waals surface area contributed by atoms with Gasteiger partial charge in [0.25, 0.3) is 0 Å². The fraction of sp³-hybridized carbons (Fsp3) is 0.400. The molecule has 0 fully saturated rings. The van der Waals surface area contributed by atoms with Gasteiger partial charge in [-0.05, 0) is 0 Å². The molecule has 0 spiro atoms. The van der Waals surface area contributed by atoms with E-state index in [1.807, 2.05) is 18.5 Å². The van der Waals surface area contributed by atoms with E-state index in [4.69, 9.17) is 11.6 Å². The van der Waals surface area contributed by atoms with E-state index in [1.54, 1.807) is 7.61 Å². The van der Waals surface area contributed by atoms with Gasteiger partial charge in [-0.1, -0.05) is 0 Å². The Bertz CT molecular complexity index is 369. The zero-order valence-corrected chi connectivity index (χ0v) is 18.3. The Labute approximate surface area is 142 Å². The second kappa shape index (κ2) is 8.55. The van der Waals surface area contributed by atoms with Gasteiger partial charge in [-0.25, -0.2) is 0 Å². The fourth-order valence-electron chi connectivity index (χ4n) is 1.09. The summed E-state index contributed by atoms with van der Waals surface area (Å²) in [6.07, 6.45) is 3.38. The summed E-state index contributed by atoms with van der Waals surface area (Å²) in [6.45, 7) is 0. The predicted octanol–water partition coefficient (Wildman–Crippen LogP) is 2.28. The van der Waals surface area contributed by atoms with Crippen molar-refractivity contribution in [2.75, 3.05) is 17.9 Å². The minimum absolute atomic E-state index is 0.667. The molecule has 0 aromatic carbocycles. The molecule has 2 rings (SSSR count). The first kappa shape index (κ1) is 15.7. The monoisotopic (exact) mass is 550 g/mol. The third kappa shape index (κ3) is 4.65. The molecule has 0 aromatic heterocycles. The van der Waals surface area contributed by atoms with Gasteiger partial charge in [0.1, 0.15) is 0 Å². The first-order valence-corrected chi connectivity index (χ1v) is 14.8. The van der Waals surface area contributed by atoms with Crippen molar-refractivity contribution in [2.45, 2.75) is 6.42 Å². The number of rotatable bonds is 5. The van der Waals surface area contributed by atoms with E-state index in [1.165, 1.54) is 5.75 Å².